The van der Waals surface area contributed by atoms with E-state index in [2.05, 4.69) is 10.6 Å². The van der Waals surface area contributed by atoms with Gasteiger partial charge in [0.1, 0.15) is 11.6 Å². The lowest BCUT2D eigenvalue weighted by molar-refractivity contribution is -0.121. The molecule has 0 unspecified atom stereocenters. The predicted octanol–water partition coefficient (Wildman–Crippen LogP) is 3.68. The lowest BCUT2D eigenvalue weighted by Crippen LogP contribution is -2.31. The highest BCUT2D eigenvalue weighted by atomic mass is 32.2. The molecule has 1 aliphatic rings. The standard InChI is InChI=1S/C20H15F2N3O2S/c21-12-4-3-5-13(8-12)24-19(27)11-28-20-16(10-23)15(9-18(26)25-20)14-6-1-2-7-17(14)22/h1-8,15H,9,11H2,(H,24,27)(H,25,26)/t15-/m1/s1. The minimum atomic E-state index is -0.714. The van der Waals surface area contributed by atoms with Gasteiger partial charge in [-0.05, 0) is 29.8 Å². The van der Waals surface area contributed by atoms with E-state index < -0.39 is 23.5 Å². The van der Waals surface area contributed by atoms with Gasteiger partial charge in [0.15, 0.2) is 0 Å². The highest BCUT2D eigenvalue weighted by molar-refractivity contribution is 8.03. The molecular weight excluding hydrogens is 384 g/mol. The summed E-state index contributed by atoms with van der Waals surface area (Å²) in [6.07, 6.45) is -0.0522. The molecule has 0 fully saturated rings. The molecule has 5 nitrogen and oxygen atoms in total. The average molecular weight is 399 g/mol. The van der Waals surface area contributed by atoms with Gasteiger partial charge in [-0.3, -0.25) is 9.59 Å². The molecule has 3 rings (SSSR count). The number of carbonyl (C=O) groups excluding carboxylic acids is 2. The average Bonchev–Trinajstić information content (AvgIpc) is 2.66. The summed E-state index contributed by atoms with van der Waals surface area (Å²) in [5.74, 6) is -2.59. The Morgan fingerprint density at radius 2 is 2.04 bits per heavy atom. The number of hydrogen-bond donors (Lipinski definition) is 2. The molecule has 0 aromatic heterocycles. The molecule has 0 spiro atoms. The van der Waals surface area contributed by atoms with Crippen LogP contribution in [0.2, 0.25) is 0 Å². The van der Waals surface area contributed by atoms with Gasteiger partial charge in [-0.1, -0.05) is 36.0 Å². The Balaban J connectivity index is 1.77. The van der Waals surface area contributed by atoms with Crippen molar-refractivity contribution in [1.29, 1.82) is 5.26 Å². The number of carbonyl (C=O) groups is 2. The SMILES string of the molecule is N#CC1=C(SCC(=O)Nc2cccc(F)c2)NC(=O)C[C@@H]1c1ccccc1F. The van der Waals surface area contributed by atoms with E-state index in [1.165, 1.54) is 36.4 Å². The topological polar surface area (TPSA) is 82.0 Å². The summed E-state index contributed by atoms with van der Waals surface area (Å²) in [5.41, 5.74) is 0.765. The van der Waals surface area contributed by atoms with E-state index in [0.29, 0.717) is 5.69 Å². The normalized spacial score (nSPS) is 16.3. The molecule has 28 heavy (non-hydrogen) atoms. The Bertz CT molecular complexity index is 1000. The van der Waals surface area contributed by atoms with Crippen molar-refractivity contribution in [3.63, 3.8) is 0 Å². The zero-order chi connectivity index (χ0) is 20.1. The lowest BCUT2D eigenvalue weighted by atomic mass is 9.87. The van der Waals surface area contributed by atoms with Crippen LogP contribution in [0.3, 0.4) is 0 Å². The Morgan fingerprint density at radius 1 is 1.25 bits per heavy atom. The Kier molecular flexibility index (Phi) is 6.06. The number of nitriles is 1. The summed E-state index contributed by atoms with van der Waals surface area (Å²) in [6.45, 7) is 0. The van der Waals surface area contributed by atoms with Crippen molar-refractivity contribution >= 4 is 29.3 Å². The van der Waals surface area contributed by atoms with Crippen LogP contribution in [0.5, 0.6) is 0 Å². The molecule has 2 amide bonds. The Labute approximate surface area is 164 Å². The van der Waals surface area contributed by atoms with Crippen molar-refractivity contribution in [3.8, 4) is 6.07 Å². The van der Waals surface area contributed by atoms with Gasteiger partial charge in [-0.15, -0.1) is 0 Å². The molecular formula is C20H15F2N3O2S. The molecule has 0 aliphatic carbocycles. The van der Waals surface area contributed by atoms with Gasteiger partial charge in [0.2, 0.25) is 11.8 Å². The second-order valence-corrected chi connectivity index (χ2v) is 7.01. The molecule has 0 radical (unpaired) electrons. The zero-order valence-electron chi connectivity index (χ0n) is 14.5. The number of rotatable bonds is 5. The van der Waals surface area contributed by atoms with E-state index in [9.17, 15) is 23.6 Å². The third-order valence-corrected chi connectivity index (χ3v) is 5.11. The van der Waals surface area contributed by atoms with Gasteiger partial charge in [-0.2, -0.15) is 5.26 Å². The quantitative estimate of drug-likeness (QED) is 0.804. The minimum absolute atomic E-state index is 0.0522. The fourth-order valence-electron chi connectivity index (χ4n) is 2.86. The molecule has 0 bridgehead atoms. The number of allylic oxidation sites excluding steroid dienone is 1. The van der Waals surface area contributed by atoms with Crippen LogP contribution in [0.1, 0.15) is 17.9 Å². The van der Waals surface area contributed by atoms with Gasteiger partial charge < -0.3 is 10.6 Å². The highest BCUT2D eigenvalue weighted by Crippen LogP contribution is 2.36. The number of nitrogens with zero attached hydrogens (tertiary/aromatic N) is 1. The maximum absolute atomic E-state index is 14.2. The molecule has 2 aromatic rings. The van der Waals surface area contributed by atoms with E-state index in [1.54, 1.807) is 12.1 Å². The fourth-order valence-corrected chi connectivity index (χ4v) is 3.73. The molecule has 1 atom stereocenters. The van der Waals surface area contributed by atoms with Crippen molar-refractivity contribution in [2.75, 3.05) is 11.1 Å². The summed E-state index contributed by atoms with van der Waals surface area (Å²) in [6, 6.07) is 13.5. The first kappa shape index (κ1) is 19.6. The summed E-state index contributed by atoms with van der Waals surface area (Å²) >= 11 is 0.967. The summed E-state index contributed by atoms with van der Waals surface area (Å²) in [5, 5.41) is 14.9. The minimum Gasteiger partial charge on any atom is -0.325 e. The molecule has 0 saturated carbocycles. The van der Waals surface area contributed by atoms with Gasteiger partial charge in [0.25, 0.3) is 0 Å². The van der Waals surface area contributed by atoms with Crippen LogP contribution in [0.15, 0.2) is 59.1 Å². The zero-order valence-corrected chi connectivity index (χ0v) is 15.4. The number of anilines is 1. The Morgan fingerprint density at radius 3 is 2.75 bits per heavy atom. The maximum atomic E-state index is 14.2. The van der Waals surface area contributed by atoms with Crippen LogP contribution in [0.4, 0.5) is 14.5 Å². The first-order valence-corrected chi connectivity index (χ1v) is 9.33. The largest absolute Gasteiger partial charge is 0.325 e. The van der Waals surface area contributed by atoms with Gasteiger partial charge in [0, 0.05) is 18.0 Å². The van der Waals surface area contributed by atoms with E-state index in [0.717, 1.165) is 11.8 Å². The Hall–Kier alpha value is -3.18. The highest BCUT2D eigenvalue weighted by Gasteiger charge is 2.31. The van der Waals surface area contributed by atoms with Crippen LogP contribution in [0, 0.1) is 23.0 Å². The molecule has 142 valence electrons. The maximum Gasteiger partial charge on any atom is 0.234 e. The fraction of sp³-hybridized carbons (Fsp3) is 0.150. The number of amides is 2. The van der Waals surface area contributed by atoms with E-state index in [1.807, 2.05) is 6.07 Å². The van der Waals surface area contributed by atoms with E-state index in [4.69, 9.17) is 0 Å². The van der Waals surface area contributed by atoms with Crippen molar-refractivity contribution < 1.29 is 18.4 Å². The first-order valence-electron chi connectivity index (χ1n) is 8.34. The molecule has 0 saturated heterocycles. The van der Waals surface area contributed by atoms with Crippen LogP contribution < -0.4 is 10.6 Å². The van der Waals surface area contributed by atoms with E-state index in [-0.39, 0.29) is 34.2 Å². The number of nitrogens with one attached hydrogen (secondary N) is 2. The third kappa shape index (κ3) is 4.56. The first-order chi connectivity index (χ1) is 13.5. The van der Waals surface area contributed by atoms with Crippen molar-refractivity contribution in [2.24, 2.45) is 0 Å². The van der Waals surface area contributed by atoms with Crippen LogP contribution >= 0.6 is 11.8 Å². The molecule has 2 N–H and O–H groups in total. The number of hydrogen-bond acceptors (Lipinski definition) is 4. The van der Waals surface area contributed by atoms with E-state index >= 15 is 0 Å². The molecule has 8 heteroatoms. The summed E-state index contributed by atoms with van der Waals surface area (Å²) in [7, 11) is 0. The van der Waals surface area contributed by atoms with Gasteiger partial charge in [0.05, 0.1) is 22.4 Å². The van der Waals surface area contributed by atoms with Crippen LogP contribution in [-0.4, -0.2) is 17.6 Å². The van der Waals surface area contributed by atoms with Crippen molar-refractivity contribution in [1.82, 2.24) is 5.32 Å². The monoisotopic (exact) mass is 399 g/mol. The third-order valence-electron chi connectivity index (χ3n) is 4.09. The van der Waals surface area contributed by atoms with Crippen LogP contribution in [-0.2, 0) is 9.59 Å². The summed E-state index contributed by atoms with van der Waals surface area (Å²) in [4.78, 5) is 24.2. The van der Waals surface area contributed by atoms with Crippen molar-refractivity contribution in [2.45, 2.75) is 12.3 Å². The van der Waals surface area contributed by atoms with Crippen LogP contribution in [0.25, 0.3) is 0 Å². The molecule has 2 aromatic carbocycles. The van der Waals surface area contributed by atoms with Gasteiger partial charge in [-0.25, -0.2) is 8.78 Å². The smallest absolute Gasteiger partial charge is 0.234 e. The second kappa shape index (κ2) is 8.67. The number of thioether (sulfide) groups is 1. The second-order valence-electron chi connectivity index (χ2n) is 6.03. The predicted molar refractivity (Wildman–Crippen MR) is 102 cm³/mol. The number of benzene rings is 2. The van der Waals surface area contributed by atoms with Gasteiger partial charge >= 0.3 is 0 Å². The number of halogens is 2. The van der Waals surface area contributed by atoms with Crippen molar-refractivity contribution in [3.05, 3.63) is 76.3 Å². The lowest BCUT2D eigenvalue weighted by Gasteiger charge is -2.25. The summed E-state index contributed by atoms with van der Waals surface area (Å²) < 4.78 is 27.4. The molecule has 1 heterocycles. The molecule has 1 aliphatic heterocycles.